The normalized spacial score (nSPS) is 13.2. The Bertz CT molecular complexity index is 1330. The molecule has 6 N–H and O–H groups in total. The zero-order valence-corrected chi connectivity index (χ0v) is 21.5. The predicted octanol–water partition coefficient (Wildman–Crippen LogP) is 1.47. The van der Waals surface area contributed by atoms with Gasteiger partial charge in [-0.2, -0.15) is 5.10 Å². The Morgan fingerprint density at radius 3 is 2.38 bits per heavy atom. The fourth-order valence-corrected chi connectivity index (χ4v) is 4.06. The number of ether oxygens (including phenoxy) is 2. The molecule has 1 aromatic carbocycles. The molecule has 3 aromatic rings. The number of aliphatic hydroxyl groups is 2. The van der Waals surface area contributed by atoms with E-state index < -0.39 is 42.5 Å². The van der Waals surface area contributed by atoms with Gasteiger partial charge in [0.2, 0.25) is 6.79 Å². The maximum absolute atomic E-state index is 10.3. The first-order chi connectivity index (χ1) is 18.4. The summed E-state index contributed by atoms with van der Waals surface area (Å²) in [4.78, 5) is 36.9. The summed E-state index contributed by atoms with van der Waals surface area (Å²) in [5, 5.41) is 52.1. The van der Waals surface area contributed by atoms with Gasteiger partial charge in [-0.25, -0.2) is 4.79 Å². The lowest BCUT2D eigenvalue weighted by molar-refractivity contribution is -0.170. The molecule has 0 fully saturated rings. The Morgan fingerprint density at radius 1 is 1.10 bits per heavy atom. The van der Waals surface area contributed by atoms with Gasteiger partial charge in [-0.3, -0.25) is 24.6 Å². The first-order valence-electron chi connectivity index (χ1n) is 11.5. The number of hydrogen-bond acceptors (Lipinski definition) is 10. The largest absolute Gasteiger partial charge is 0.481 e. The Labute approximate surface area is 226 Å². The molecule has 3 heterocycles. The number of hydrogen-bond donors (Lipinski definition) is 6. The van der Waals surface area contributed by atoms with E-state index in [-0.39, 0.29) is 6.79 Å². The van der Waals surface area contributed by atoms with Crippen molar-refractivity contribution >= 4 is 40.4 Å². The van der Waals surface area contributed by atoms with E-state index in [0.29, 0.717) is 24.8 Å². The number of H-pyrrole nitrogens is 1. The third kappa shape index (κ3) is 8.00. The van der Waals surface area contributed by atoms with Gasteiger partial charge in [-0.1, -0.05) is 17.7 Å². The second-order valence-electron chi connectivity index (χ2n) is 8.92. The van der Waals surface area contributed by atoms with Crippen molar-refractivity contribution in [2.45, 2.75) is 44.6 Å². The molecule has 210 valence electrons. The van der Waals surface area contributed by atoms with Crippen molar-refractivity contribution in [3.63, 3.8) is 0 Å². The average Bonchev–Trinajstić information content (AvgIpc) is 3.45. The van der Waals surface area contributed by atoms with Gasteiger partial charge in [-0.05, 0) is 24.6 Å². The van der Waals surface area contributed by atoms with E-state index in [4.69, 9.17) is 41.5 Å². The fourth-order valence-electron chi connectivity index (χ4n) is 3.88. The van der Waals surface area contributed by atoms with Crippen LogP contribution in [0.2, 0.25) is 5.15 Å². The fraction of sp³-hybridized carbons (Fsp3) is 0.375. The molecule has 1 aliphatic rings. The monoisotopic (exact) mass is 566 g/mol. The lowest BCUT2D eigenvalue weighted by Gasteiger charge is -2.24. The number of aromatic nitrogens is 3. The topological polar surface area (TPSA) is 216 Å². The predicted molar refractivity (Wildman–Crippen MR) is 134 cm³/mol. The molecule has 14 nitrogen and oxygen atoms in total. The maximum atomic E-state index is 10.3. The minimum atomic E-state index is -2.74. The zero-order valence-electron chi connectivity index (χ0n) is 20.7. The number of aromatic amines is 1. The number of fused-ring (bicyclic) bond motifs is 2. The Hall–Kier alpha value is -3.98. The van der Waals surface area contributed by atoms with Gasteiger partial charge in [0.05, 0.1) is 24.3 Å². The van der Waals surface area contributed by atoms with Crippen LogP contribution in [0.5, 0.6) is 11.5 Å². The first kappa shape index (κ1) is 29.6. The van der Waals surface area contributed by atoms with Crippen molar-refractivity contribution in [2.24, 2.45) is 0 Å². The molecule has 0 saturated heterocycles. The summed E-state index contributed by atoms with van der Waals surface area (Å²) in [6, 6.07) is 5.89. The van der Waals surface area contributed by atoms with Gasteiger partial charge in [0.25, 0.3) is 0 Å². The highest BCUT2D eigenvalue weighted by Gasteiger charge is 2.40. The third-order valence-electron chi connectivity index (χ3n) is 5.54. The van der Waals surface area contributed by atoms with E-state index >= 15 is 0 Å². The van der Waals surface area contributed by atoms with Crippen LogP contribution in [0.25, 0.3) is 10.9 Å². The van der Waals surface area contributed by atoms with Gasteiger partial charge in [-0.15, -0.1) is 0 Å². The SMILES string of the molecule is CC(O)CN(Cc1ccc2c(c1)OCO2)Cc1cncc2c(Cl)[nH]nc12.O=C(O)CC(O)(CC(=O)O)C(=O)O. The summed E-state index contributed by atoms with van der Waals surface area (Å²) in [5.41, 5.74) is 0.0888. The summed E-state index contributed by atoms with van der Waals surface area (Å²) in [7, 11) is 0. The van der Waals surface area contributed by atoms with Crippen LogP contribution in [0.4, 0.5) is 0 Å². The second kappa shape index (κ2) is 12.7. The highest BCUT2D eigenvalue weighted by molar-refractivity contribution is 6.34. The van der Waals surface area contributed by atoms with E-state index in [9.17, 15) is 19.5 Å². The lowest BCUT2D eigenvalue weighted by Crippen LogP contribution is -2.42. The van der Waals surface area contributed by atoms with Crippen LogP contribution in [-0.2, 0) is 27.5 Å². The van der Waals surface area contributed by atoms with Crippen LogP contribution in [0, 0.1) is 0 Å². The molecule has 0 aliphatic carbocycles. The molecule has 0 bridgehead atoms. The molecule has 1 aliphatic heterocycles. The van der Waals surface area contributed by atoms with Gasteiger partial charge in [0.15, 0.2) is 17.1 Å². The van der Waals surface area contributed by atoms with Crippen LogP contribution in [0.1, 0.15) is 30.9 Å². The number of nitrogens with zero attached hydrogens (tertiary/aromatic N) is 3. The first-order valence-corrected chi connectivity index (χ1v) is 11.9. The molecule has 2 aromatic heterocycles. The number of benzene rings is 1. The van der Waals surface area contributed by atoms with Crippen LogP contribution < -0.4 is 9.47 Å². The summed E-state index contributed by atoms with van der Waals surface area (Å²) >= 11 is 6.11. The Kier molecular flexibility index (Phi) is 9.64. The molecule has 1 atom stereocenters. The minimum Gasteiger partial charge on any atom is -0.481 e. The summed E-state index contributed by atoms with van der Waals surface area (Å²) < 4.78 is 10.8. The molecule has 39 heavy (non-hydrogen) atoms. The molecule has 0 amide bonds. The zero-order chi connectivity index (χ0) is 28.7. The highest BCUT2D eigenvalue weighted by Crippen LogP contribution is 2.33. The second-order valence-corrected chi connectivity index (χ2v) is 9.29. The van der Waals surface area contributed by atoms with Crippen LogP contribution in [0.15, 0.2) is 30.6 Å². The summed E-state index contributed by atoms with van der Waals surface area (Å²) in [6.07, 6.45) is 0.734. The molecule has 15 heteroatoms. The molecule has 0 saturated carbocycles. The van der Waals surface area contributed by atoms with Crippen molar-refractivity contribution in [1.29, 1.82) is 0 Å². The quantitative estimate of drug-likeness (QED) is 0.194. The van der Waals surface area contributed by atoms with Crippen LogP contribution >= 0.6 is 11.6 Å². The van der Waals surface area contributed by atoms with E-state index in [1.807, 2.05) is 18.2 Å². The number of carboxylic acid groups (broad SMARTS) is 3. The van der Waals surface area contributed by atoms with Crippen molar-refractivity contribution in [2.75, 3.05) is 13.3 Å². The number of halogens is 1. The van der Waals surface area contributed by atoms with Gasteiger partial charge in [0, 0.05) is 37.6 Å². The average molecular weight is 567 g/mol. The Balaban J connectivity index is 0.000000276. The molecular weight excluding hydrogens is 540 g/mol. The lowest BCUT2D eigenvalue weighted by atomic mass is 9.96. The molecule has 0 spiro atoms. The number of carboxylic acids is 3. The third-order valence-corrected chi connectivity index (χ3v) is 5.83. The number of nitrogens with one attached hydrogen (secondary N) is 1. The number of aliphatic carboxylic acids is 3. The van der Waals surface area contributed by atoms with Crippen molar-refractivity contribution in [1.82, 2.24) is 20.1 Å². The van der Waals surface area contributed by atoms with Crippen molar-refractivity contribution in [3.05, 3.63) is 46.9 Å². The number of carbonyl (C=O) groups is 3. The van der Waals surface area contributed by atoms with E-state index in [2.05, 4.69) is 20.1 Å². The summed E-state index contributed by atoms with van der Waals surface area (Å²) in [6.45, 7) is 3.78. The smallest absolute Gasteiger partial charge is 0.336 e. The number of pyridine rings is 1. The minimum absolute atomic E-state index is 0.254. The number of aliphatic hydroxyl groups excluding tert-OH is 1. The van der Waals surface area contributed by atoms with E-state index in [0.717, 1.165) is 33.5 Å². The van der Waals surface area contributed by atoms with Gasteiger partial charge < -0.3 is 35.0 Å². The Morgan fingerprint density at radius 2 is 1.77 bits per heavy atom. The molecule has 4 rings (SSSR count). The standard InChI is InChI=1S/C18H19ClN4O3.C6H8O7/c1-11(24)7-23(8-12-2-3-15-16(4-12)26-10-25-15)9-13-5-20-6-14-17(13)21-22-18(14)19;7-3(8)1-6(13,5(11)12)2-4(9)10/h2-6,11,24H,7-10H2,1H3,(H,21,22);13H,1-2H2,(H,7,8)(H,9,10)(H,11,12). The van der Waals surface area contributed by atoms with E-state index in [1.54, 1.807) is 19.3 Å². The molecule has 1 unspecified atom stereocenters. The van der Waals surface area contributed by atoms with Crippen LogP contribution in [-0.4, -0.2) is 88.6 Å². The van der Waals surface area contributed by atoms with Crippen molar-refractivity contribution in [3.8, 4) is 11.5 Å². The van der Waals surface area contributed by atoms with E-state index in [1.165, 1.54) is 0 Å². The van der Waals surface area contributed by atoms with Crippen LogP contribution in [0.3, 0.4) is 0 Å². The van der Waals surface area contributed by atoms with Gasteiger partial charge in [0.1, 0.15) is 10.7 Å². The summed E-state index contributed by atoms with van der Waals surface area (Å²) in [5.74, 6) is -3.51. The number of rotatable bonds is 11. The van der Waals surface area contributed by atoms with Gasteiger partial charge >= 0.3 is 17.9 Å². The molecular formula is C24H27ClN4O10. The highest BCUT2D eigenvalue weighted by atomic mass is 35.5. The van der Waals surface area contributed by atoms with Crippen molar-refractivity contribution < 1.29 is 49.4 Å². The maximum Gasteiger partial charge on any atom is 0.336 e. The molecule has 0 radical (unpaired) electrons.